The van der Waals surface area contributed by atoms with E-state index in [1.54, 1.807) is 0 Å². The van der Waals surface area contributed by atoms with Crippen LogP contribution in [0.5, 0.6) is 0 Å². The third-order valence-corrected chi connectivity index (χ3v) is 2.25. The van der Waals surface area contributed by atoms with Crippen molar-refractivity contribution in [1.29, 1.82) is 0 Å². The van der Waals surface area contributed by atoms with E-state index in [-0.39, 0.29) is 5.97 Å². The zero-order chi connectivity index (χ0) is 10.8. The Kier molecular flexibility index (Phi) is 8.64. The topological polar surface area (TPSA) is 52.3 Å². The minimum Gasteiger partial charge on any atom is -0.466 e. The molecule has 0 spiro atoms. The maximum Gasteiger partial charge on any atom is 0.305 e. The van der Waals surface area contributed by atoms with Crippen LogP contribution >= 0.6 is 0 Å². The van der Waals surface area contributed by atoms with Gasteiger partial charge in [0.1, 0.15) is 0 Å². The van der Waals surface area contributed by atoms with Crippen molar-refractivity contribution < 1.29 is 9.53 Å². The van der Waals surface area contributed by atoms with Gasteiger partial charge in [0.2, 0.25) is 0 Å². The molecule has 0 amide bonds. The molecule has 1 atom stereocenters. The van der Waals surface area contributed by atoms with E-state index >= 15 is 0 Å². The molecule has 3 nitrogen and oxygen atoms in total. The third kappa shape index (κ3) is 8.05. The van der Waals surface area contributed by atoms with Gasteiger partial charge in [0.05, 0.1) is 6.61 Å². The highest BCUT2D eigenvalue weighted by atomic mass is 16.5. The molecule has 0 aliphatic rings. The molecule has 0 saturated carbocycles. The first-order valence-electron chi connectivity index (χ1n) is 5.56. The fraction of sp³-hybridized carbons (Fsp3) is 0.909. The minimum atomic E-state index is -0.0820. The Bertz CT molecular complexity index is 148. The van der Waals surface area contributed by atoms with Gasteiger partial charge in [0.15, 0.2) is 0 Å². The summed E-state index contributed by atoms with van der Waals surface area (Å²) in [6.45, 7) is 5.39. The van der Waals surface area contributed by atoms with Crippen molar-refractivity contribution in [2.45, 2.75) is 46.0 Å². The lowest BCUT2D eigenvalue weighted by atomic mass is 10.1. The van der Waals surface area contributed by atoms with Gasteiger partial charge in [-0.2, -0.15) is 0 Å². The van der Waals surface area contributed by atoms with Crippen LogP contribution in [-0.2, 0) is 9.53 Å². The summed E-state index contributed by atoms with van der Waals surface area (Å²) in [6, 6.07) is 0. The van der Waals surface area contributed by atoms with Crippen LogP contribution in [0.3, 0.4) is 0 Å². The molecule has 0 aromatic heterocycles. The van der Waals surface area contributed by atoms with Crippen LogP contribution in [0, 0.1) is 5.92 Å². The van der Waals surface area contributed by atoms with Gasteiger partial charge in [0.25, 0.3) is 0 Å². The van der Waals surface area contributed by atoms with Crippen molar-refractivity contribution >= 4 is 5.97 Å². The largest absolute Gasteiger partial charge is 0.466 e. The molecule has 0 bridgehead atoms. The smallest absolute Gasteiger partial charge is 0.305 e. The van der Waals surface area contributed by atoms with Gasteiger partial charge in [-0.15, -0.1) is 0 Å². The number of rotatable bonds is 8. The molecule has 2 N–H and O–H groups in total. The van der Waals surface area contributed by atoms with E-state index in [1.165, 1.54) is 0 Å². The van der Waals surface area contributed by atoms with Gasteiger partial charge >= 0.3 is 5.97 Å². The number of esters is 1. The van der Waals surface area contributed by atoms with Crippen molar-refractivity contribution in [3.05, 3.63) is 0 Å². The number of ether oxygens (including phenoxy) is 1. The van der Waals surface area contributed by atoms with Gasteiger partial charge < -0.3 is 10.5 Å². The van der Waals surface area contributed by atoms with Crippen molar-refractivity contribution in [3.63, 3.8) is 0 Å². The molecule has 0 heterocycles. The summed E-state index contributed by atoms with van der Waals surface area (Å²) in [6.07, 6.45) is 4.61. The van der Waals surface area contributed by atoms with Gasteiger partial charge in [-0.3, -0.25) is 4.79 Å². The zero-order valence-electron chi connectivity index (χ0n) is 9.42. The average molecular weight is 201 g/mol. The number of hydrogen-bond donors (Lipinski definition) is 1. The van der Waals surface area contributed by atoms with Crippen molar-refractivity contribution in [1.82, 2.24) is 0 Å². The van der Waals surface area contributed by atoms with E-state index in [4.69, 9.17) is 10.5 Å². The maximum atomic E-state index is 11.2. The Morgan fingerprint density at radius 1 is 1.43 bits per heavy atom. The second-order valence-corrected chi connectivity index (χ2v) is 3.81. The van der Waals surface area contributed by atoms with Crippen LogP contribution < -0.4 is 5.73 Å². The molecule has 0 saturated heterocycles. The Balaban J connectivity index is 3.28. The molecule has 0 aromatic carbocycles. The fourth-order valence-electron chi connectivity index (χ4n) is 1.09. The average Bonchev–Trinajstić information content (AvgIpc) is 2.21. The van der Waals surface area contributed by atoms with Gasteiger partial charge in [-0.25, -0.2) is 0 Å². The van der Waals surface area contributed by atoms with Crippen LogP contribution in [0.1, 0.15) is 46.0 Å². The lowest BCUT2D eigenvalue weighted by molar-refractivity contribution is -0.144. The normalized spacial score (nSPS) is 12.5. The highest BCUT2D eigenvalue weighted by molar-refractivity contribution is 5.69. The molecule has 0 aromatic rings. The molecule has 0 aliphatic carbocycles. The number of nitrogens with two attached hydrogens (primary N) is 1. The summed E-state index contributed by atoms with van der Waals surface area (Å²) in [5.74, 6) is 0.333. The number of carbonyl (C=O) groups is 1. The second kappa shape index (κ2) is 9.00. The summed E-state index contributed by atoms with van der Waals surface area (Å²) < 4.78 is 5.06. The van der Waals surface area contributed by atoms with E-state index in [9.17, 15) is 4.79 Å². The van der Waals surface area contributed by atoms with Gasteiger partial charge in [-0.1, -0.05) is 26.7 Å². The van der Waals surface area contributed by atoms with E-state index < -0.39 is 0 Å². The number of hydrogen-bond acceptors (Lipinski definition) is 3. The molecule has 1 unspecified atom stereocenters. The maximum absolute atomic E-state index is 11.2. The van der Waals surface area contributed by atoms with E-state index in [2.05, 4.69) is 6.92 Å². The molecular formula is C11H23NO2. The molecule has 14 heavy (non-hydrogen) atoms. The molecule has 3 heteroatoms. The molecule has 0 radical (unpaired) electrons. The summed E-state index contributed by atoms with van der Waals surface area (Å²) in [4.78, 5) is 11.2. The number of carbonyl (C=O) groups excluding carboxylic acids is 1. The lowest BCUT2D eigenvalue weighted by Gasteiger charge is -2.07. The predicted molar refractivity (Wildman–Crippen MR) is 57.9 cm³/mol. The van der Waals surface area contributed by atoms with Gasteiger partial charge in [-0.05, 0) is 25.3 Å². The summed E-state index contributed by atoms with van der Waals surface area (Å²) >= 11 is 0. The quantitative estimate of drug-likeness (QED) is 0.483. The SMILES string of the molecule is CCCCCOC(=O)CCC(C)CN. The summed E-state index contributed by atoms with van der Waals surface area (Å²) in [7, 11) is 0. The van der Waals surface area contributed by atoms with Crippen molar-refractivity contribution in [2.75, 3.05) is 13.2 Å². The Morgan fingerprint density at radius 2 is 2.14 bits per heavy atom. The van der Waals surface area contributed by atoms with Gasteiger partial charge in [0, 0.05) is 6.42 Å². The highest BCUT2D eigenvalue weighted by Crippen LogP contribution is 2.04. The summed E-state index contributed by atoms with van der Waals surface area (Å²) in [5, 5.41) is 0. The molecule has 0 rings (SSSR count). The second-order valence-electron chi connectivity index (χ2n) is 3.81. The van der Waals surface area contributed by atoms with Crippen molar-refractivity contribution in [2.24, 2.45) is 11.7 Å². The fourth-order valence-corrected chi connectivity index (χ4v) is 1.09. The first-order valence-corrected chi connectivity index (χ1v) is 5.56. The molecule has 0 aliphatic heterocycles. The monoisotopic (exact) mass is 201 g/mol. The Labute approximate surface area is 87.0 Å². The van der Waals surface area contributed by atoms with Crippen molar-refractivity contribution in [3.8, 4) is 0 Å². The van der Waals surface area contributed by atoms with Crippen LogP contribution in [0.2, 0.25) is 0 Å². The Hall–Kier alpha value is -0.570. The number of unbranched alkanes of at least 4 members (excludes halogenated alkanes) is 2. The third-order valence-electron chi connectivity index (χ3n) is 2.25. The lowest BCUT2D eigenvalue weighted by Crippen LogP contribution is -2.13. The highest BCUT2D eigenvalue weighted by Gasteiger charge is 2.05. The molecular weight excluding hydrogens is 178 g/mol. The van der Waals surface area contributed by atoms with E-state index in [1.807, 2.05) is 6.92 Å². The van der Waals surface area contributed by atoms with Crippen LogP contribution in [0.15, 0.2) is 0 Å². The first-order chi connectivity index (χ1) is 6.70. The zero-order valence-corrected chi connectivity index (χ0v) is 9.42. The molecule has 84 valence electrons. The minimum absolute atomic E-state index is 0.0820. The van der Waals surface area contributed by atoms with E-state index in [0.29, 0.717) is 25.5 Å². The first kappa shape index (κ1) is 13.4. The van der Waals surface area contributed by atoms with Crippen LogP contribution in [0.25, 0.3) is 0 Å². The standard InChI is InChI=1S/C11H23NO2/c1-3-4-5-8-14-11(13)7-6-10(2)9-12/h10H,3-9,12H2,1-2H3. The van der Waals surface area contributed by atoms with Crippen LogP contribution in [-0.4, -0.2) is 19.1 Å². The molecule has 0 fully saturated rings. The van der Waals surface area contributed by atoms with E-state index in [0.717, 1.165) is 25.7 Å². The predicted octanol–water partition coefficient (Wildman–Crippen LogP) is 2.09. The Morgan fingerprint density at radius 3 is 2.71 bits per heavy atom. The summed E-state index contributed by atoms with van der Waals surface area (Å²) in [5.41, 5.74) is 5.45. The van der Waals surface area contributed by atoms with Crippen LogP contribution in [0.4, 0.5) is 0 Å².